The molecule has 126 valence electrons. The van der Waals surface area contributed by atoms with Crippen LogP contribution < -0.4 is 0 Å². The third-order valence-corrected chi connectivity index (χ3v) is 6.55. The fourth-order valence-electron chi connectivity index (χ4n) is 2.78. The maximum atomic E-state index is 12.9. The number of carbonyl (C=O) groups is 2. The van der Waals surface area contributed by atoms with E-state index in [1.165, 1.54) is 12.1 Å². The molecule has 0 radical (unpaired) electrons. The topological polar surface area (TPSA) is 71.5 Å². The van der Waals surface area contributed by atoms with Crippen molar-refractivity contribution in [3.05, 3.63) is 29.8 Å². The highest BCUT2D eigenvalue weighted by Crippen LogP contribution is 2.30. The van der Waals surface area contributed by atoms with Gasteiger partial charge < -0.3 is 0 Å². The molecular weight excluding hydrogens is 338 g/mol. The van der Waals surface area contributed by atoms with Gasteiger partial charge in [0.1, 0.15) is 5.25 Å². The van der Waals surface area contributed by atoms with Crippen molar-refractivity contribution in [3.63, 3.8) is 0 Å². The van der Waals surface area contributed by atoms with Gasteiger partial charge in [0.25, 0.3) is 0 Å². The monoisotopic (exact) mass is 357 g/mol. The SMILES string of the molecule is Cc1ccc(S(=O)(=O)C2C(=O)N(CCCCl)C(=O)CC2C)cc1. The van der Waals surface area contributed by atoms with Crippen molar-refractivity contribution in [2.75, 3.05) is 12.4 Å². The molecule has 1 saturated heterocycles. The van der Waals surface area contributed by atoms with Crippen molar-refractivity contribution < 1.29 is 18.0 Å². The van der Waals surface area contributed by atoms with Crippen molar-refractivity contribution in [1.29, 1.82) is 0 Å². The summed E-state index contributed by atoms with van der Waals surface area (Å²) in [5.74, 6) is -1.21. The molecule has 1 fully saturated rings. The molecule has 0 saturated carbocycles. The molecule has 5 nitrogen and oxygen atoms in total. The summed E-state index contributed by atoms with van der Waals surface area (Å²) in [5, 5.41) is -1.22. The van der Waals surface area contributed by atoms with Crippen LogP contribution in [0.3, 0.4) is 0 Å². The number of likely N-dealkylation sites (tertiary alicyclic amines) is 1. The van der Waals surface area contributed by atoms with E-state index in [4.69, 9.17) is 11.6 Å². The second kappa shape index (κ2) is 7.01. The maximum absolute atomic E-state index is 12.9. The Kier molecular flexibility index (Phi) is 5.47. The molecule has 1 heterocycles. The molecule has 1 aromatic rings. The predicted molar refractivity (Wildman–Crippen MR) is 88.0 cm³/mol. The molecule has 7 heteroatoms. The van der Waals surface area contributed by atoms with Crippen molar-refractivity contribution in [3.8, 4) is 0 Å². The van der Waals surface area contributed by atoms with Gasteiger partial charge in [-0.05, 0) is 31.4 Å². The van der Waals surface area contributed by atoms with Crippen LogP contribution in [0.15, 0.2) is 29.2 Å². The lowest BCUT2D eigenvalue weighted by Crippen LogP contribution is -2.54. The summed E-state index contributed by atoms with van der Waals surface area (Å²) >= 11 is 5.61. The summed E-state index contributed by atoms with van der Waals surface area (Å²) in [5.41, 5.74) is 0.936. The number of rotatable bonds is 5. The zero-order chi connectivity index (χ0) is 17.2. The Morgan fingerprint density at radius 1 is 1.22 bits per heavy atom. The van der Waals surface area contributed by atoms with Gasteiger partial charge in [-0.25, -0.2) is 8.42 Å². The summed E-state index contributed by atoms with van der Waals surface area (Å²) in [6.45, 7) is 3.65. The normalized spacial score (nSPS) is 22.5. The number of imide groups is 1. The van der Waals surface area contributed by atoms with Crippen LogP contribution in [0, 0.1) is 12.8 Å². The largest absolute Gasteiger partial charge is 0.281 e. The van der Waals surface area contributed by atoms with Gasteiger partial charge in [-0.3, -0.25) is 14.5 Å². The fourth-order valence-corrected chi connectivity index (χ4v) is 4.81. The molecule has 1 aliphatic rings. The summed E-state index contributed by atoms with van der Waals surface area (Å²) < 4.78 is 25.7. The zero-order valence-electron chi connectivity index (χ0n) is 13.2. The Morgan fingerprint density at radius 2 is 1.83 bits per heavy atom. The quantitative estimate of drug-likeness (QED) is 0.598. The van der Waals surface area contributed by atoms with Gasteiger partial charge in [0.2, 0.25) is 11.8 Å². The number of nitrogens with zero attached hydrogens (tertiary/aromatic N) is 1. The Morgan fingerprint density at radius 3 is 2.39 bits per heavy atom. The maximum Gasteiger partial charge on any atom is 0.248 e. The minimum absolute atomic E-state index is 0.0454. The first-order valence-corrected chi connectivity index (χ1v) is 9.58. The van der Waals surface area contributed by atoms with E-state index in [0.717, 1.165) is 10.5 Å². The molecule has 2 amide bonds. The standard InChI is InChI=1S/C16H20ClNO4S/c1-11-4-6-13(7-5-11)23(21,22)15-12(2)10-14(19)18(16(15)20)9-3-8-17/h4-7,12,15H,3,8-10H2,1-2H3. The van der Waals surface area contributed by atoms with E-state index in [2.05, 4.69) is 0 Å². The molecule has 0 aromatic heterocycles. The number of piperidine rings is 1. The number of halogens is 1. The minimum atomic E-state index is -3.83. The van der Waals surface area contributed by atoms with E-state index < -0.39 is 26.9 Å². The van der Waals surface area contributed by atoms with Crippen LogP contribution in [-0.4, -0.2) is 42.8 Å². The van der Waals surface area contributed by atoms with Gasteiger partial charge in [-0.1, -0.05) is 24.6 Å². The third-order valence-electron chi connectivity index (χ3n) is 4.02. The Bertz CT molecular complexity index is 699. The zero-order valence-corrected chi connectivity index (χ0v) is 14.7. The van der Waals surface area contributed by atoms with Crippen LogP contribution in [0.25, 0.3) is 0 Å². The van der Waals surface area contributed by atoms with Gasteiger partial charge in [0.15, 0.2) is 9.84 Å². The highest BCUT2D eigenvalue weighted by atomic mass is 35.5. The van der Waals surface area contributed by atoms with Gasteiger partial charge in [0.05, 0.1) is 4.90 Å². The number of hydrogen-bond donors (Lipinski definition) is 0. The Hall–Kier alpha value is -1.40. The summed E-state index contributed by atoms with van der Waals surface area (Å²) in [6.07, 6.45) is 0.495. The average Bonchev–Trinajstić information content (AvgIpc) is 2.46. The lowest BCUT2D eigenvalue weighted by Gasteiger charge is -2.34. The molecule has 0 aliphatic carbocycles. The van der Waals surface area contributed by atoms with Crippen molar-refractivity contribution in [2.24, 2.45) is 5.92 Å². The van der Waals surface area contributed by atoms with E-state index >= 15 is 0 Å². The first-order chi connectivity index (χ1) is 10.8. The molecule has 1 aromatic carbocycles. The van der Waals surface area contributed by atoms with Crippen LogP contribution in [0.4, 0.5) is 0 Å². The van der Waals surface area contributed by atoms with Crippen molar-refractivity contribution in [1.82, 2.24) is 4.90 Å². The number of aryl methyl sites for hydroxylation is 1. The molecule has 2 atom stereocenters. The van der Waals surface area contributed by atoms with Gasteiger partial charge in [0, 0.05) is 18.8 Å². The molecule has 23 heavy (non-hydrogen) atoms. The van der Waals surface area contributed by atoms with Crippen LogP contribution >= 0.6 is 11.6 Å². The average molecular weight is 358 g/mol. The lowest BCUT2D eigenvalue weighted by atomic mass is 9.97. The number of alkyl halides is 1. The molecule has 1 aliphatic heterocycles. The van der Waals surface area contributed by atoms with E-state index in [9.17, 15) is 18.0 Å². The first-order valence-electron chi connectivity index (χ1n) is 7.49. The molecule has 0 bridgehead atoms. The highest BCUT2D eigenvalue weighted by molar-refractivity contribution is 7.92. The molecular formula is C16H20ClNO4S. The third kappa shape index (κ3) is 3.58. The summed E-state index contributed by atoms with van der Waals surface area (Å²) in [4.78, 5) is 25.8. The van der Waals surface area contributed by atoms with E-state index in [0.29, 0.717) is 12.3 Å². The number of amides is 2. The molecule has 0 spiro atoms. The van der Waals surface area contributed by atoms with Crippen LogP contribution in [0.2, 0.25) is 0 Å². The number of sulfone groups is 1. The minimum Gasteiger partial charge on any atom is -0.281 e. The molecule has 0 N–H and O–H groups in total. The van der Waals surface area contributed by atoms with Crippen LogP contribution in [0.1, 0.15) is 25.3 Å². The summed E-state index contributed by atoms with van der Waals surface area (Å²) in [7, 11) is -3.83. The number of benzene rings is 1. The van der Waals surface area contributed by atoms with Crippen LogP contribution in [0.5, 0.6) is 0 Å². The van der Waals surface area contributed by atoms with E-state index in [1.54, 1.807) is 19.1 Å². The number of hydrogen-bond acceptors (Lipinski definition) is 4. The Labute approximate surface area is 141 Å². The lowest BCUT2D eigenvalue weighted by molar-refractivity contribution is -0.149. The van der Waals surface area contributed by atoms with E-state index in [-0.39, 0.29) is 23.8 Å². The number of carbonyl (C=O) groups excluding carboxylic acids is 2. The predicted octanol–water partition coefficient (Wildman–Crippen LogP) is 2.16. The highest BCUT2D eigenvalue weighted by Gasteiger charge is 2.46. The molecule has 2 unspecified atom stereocenters. The second-order valence-corrected chi connectivity index (χ2v) is 8.33. The van der Waals surface area contributed by atoms with Gasteiger partial charge in [-0.15, -0.1) is 11.6 Å². The van der Waals surface area contributed by atoms with Crippen LogP contribution in [-0.2, 0) is 19.4 Å². The van der Waals surface area contributed by atoms with Gasteiger partial charge in [-0.2, -0.15) is 0 Å². The molecule has 2 rings (SSSR count). The van der Waals surface area contributed by atoms with Gasteiger partial charge >= 0.3 is 0 Å². The van der Waals surface area contributed by atoms with Crippen molar-refractivity contribution in [2.45, 2.75) is 36.8 Å². The van der Waals surface area contributed by atoms with E-state index in [1.807, 2.05) is 6.92 Å². The Balaban J connectivity index is 2.37. The second-order valence-electron chi connectivity index (χ2n) is 5.89. The summed E-state index contributed by atoms with van der Waals surface area (Å²) in [6, 6.07) is 6.40. The smallest absolute Gasteiger partial charge is 0.248 e. The van der Waals surface area contributed by atoms with Crippen molar-refractivity contribution >= 4 is 33.3 Å². The first kappa shape index (κ1) is 17.9. The fraction of sp³-hybridized carbons (Fsp3) is 0.500.